The molecule has 232 valence electrons. The number of rotatable bonds is 7. The molecule has 0 aliphatic rings. The largest absolute Gasteiger partial charge is 0.310 e. The third-order valence-corrected chi connectivity index (χ3v) is 9.28. The lowest BCUT2D eigenvalue weighted by molar-refractivity contribution is 1.17. The van der Waals surface area contributed by atoms with Gasteiger partial charge in [-0.3, -0.25) is 0 Å². The first-order valence-corrected chi connectivity index (χ1v) is 16.7. The summed E-state index contributed by atoms with van der Waals surface area (Å²) in [5.74, 6) is 0. The lowest BCUT2D eigenvalue weighted by Crippen LogP contribution is -2.14. The van der Waals surface area contributed by atoms with Crippen LogP contribution in [0.15, 0.2) is 200 Å². The van der Waals surface area contributed by atoms with Crippen molar-refractivity contribution in [3.63, 3.8) is 0 Å². The molecule has 0 amide bonds. The molecule has 0 spiro atoms. The highest BCUT2D eigenvalue weighted by Gasteiger charge is 2.24. The van der Waals surface area contributed by atoms with E-state index >= 15 is 0 Å². The predicted molar refractivity (Wildman–Crippen MR) is 208 cm³/mol. The molecule has 0 fully saturated rings. The zero-order valence-corrected chi connectivity index (χ0v) is 26.9. The minimum Gasteiger partial charge on any atom is -0.310 e. The minimum atomic E-state index is 1.07. The molecule has 0 aliphatic heterocycles. The molecule has 1 aromatic heterocycles. The van der Waals surface area contributed by atoms with E-state index in [4.69, 9.17) is 0 Å². The van der Waals surface area contributed by atoms with Gasteiger partial charge in [0.05, 0.1) is 22.4 Å². The van der Waals surface area contributed by atoms with Crippen LogP contribution in [0.2, 0.25) is 0 Å². The van der Waals surface area contributed by atoms with Crippen molar-refractivity contribution in [3.05, 3.63) is 200 Å². The molecule has 0 bridgehead atoms. The topological polar surface area (TPSA) is 11.4 Å². The second kappa shape index (κ2) is 12.2. The molecule has 8 aromatic carbocycles. The summed E-state index contributed by atoms with van der Waals surface area (Å²) < 4.78 is 2.41. The summed E-state index contributed by atoms with van der Waals surface area (Å²) in [5, 5.41) is 4.82. The van der Waals surface area contributed by atoms with E-state index in [1.54, 1.807) is 0 Å². The maximum absolute atomic E-state index is 2.42. The Hall–Kier alpha value is -6.58. The number of hydrogen-bond donors (Lipinski definition) is 0. The van der Waals surface area contributed by atoms with Gasteiger partial charge in [0, 0.05) is 39.2 Å². The molecule has 0 unspecified atom stereocenters. The summed E-state index contributed by atoms with van der Waals surface area (Å²) in [6.45, 7) is 0. The Balaban J connectivity index is 1.43. The maximum Gasteiger partial charge on any atom is 0.0583 e. The fourth-order valence-electron chi connectivity index (χ4n) is 7.14. The molecule has 3 nitrogen and oxygen atoms in total. The third-order valence-electron chi connectivity index (χ3n) is 9.28. The van der Waals surface area contributed by atoms with Crippen LogP contribution >= 0.6 is 0 Å². The summed E-state index contributed by atoms with van der Waals surface area (Å²) in [4.78, 5) is 4.79. The molecule has 0 radical (unpaired) electrons. The van der Waals surface area contributed by atoms with Gasteiger partial charge in [0.15, 0.2) is 0 Å². The Kier molecular flexibility index (Phi) is 7.14. The quantitative estimate of drug-likeness (QED) is 0.174. The lowest BCUT2D eigenvalue weighted by atomic mass is 10.0. The average molecular weight is 628 g/mol. The molecule has 49 heavy (non-hydrogen) atoms. The second-order valence-electron chi connectivity index (χ2n) is 12.3. The summed E-state index contributed by atoms with van der Waals surface area (Å²) >= 11 is 0. The van der Waals surface area contributed by atoms with Gasteiger partial charge in [-0.05, 0) is 89.6 Å². The number of para-hydroxylation sites is 5. The van der Waals surface area contributed by atoms with Gasteiger partial charge in [-0.25, -0.2) is 0 Å². The van der Waals surface area contributed by atoms with Gasteiger partial charge >= 0.3 is 0 Å². The van der Waals surface area contributed by atoms with E-state index < -0.39 is 0 Å². The predicted octanol–water partition coefficient (Wildman–Crippen LogP) is 12.9. The molecule has 0 N–H and O–H groups in total. The van der Waals surface area contributed by atoms with Crippen molar-refractivity contribution < 1.29 is 0 Å². The van der Waals surface area contributed by atoms with Crippen LogP contribution in [0, 0.1) is 0 Å². The summed E-state index contributed by atoms with van der Waals surface area (Å²) in [6.07, 6.45) is 0. The maximum atomic E-state index is 2.42. The zero-order chi connectivity index (χ0) is 32.6. The van der Waals surface area contributed by atoms with Gasteiger partial charge in [-0.15, -0.1) is 0 Å². The van der Waals surface area contributed by atoms with Crippen LogP contribution < -0.4 is 9.80 Å². The average Bonchev–Trinajstić information content (AvgIpc) is 3.51. The number of aromatic nitrogens is 1. The molecule has 0 aliphatic carbocycles. The smallest absolute Gasteiger partial charge is 0.0583 e. The van der Waals surface area contributed by atoms with Gasteiger partial charge in [-0.1, -0.05) is 121 Å². The highest BCUT2D eigenvalue weighted by Crippen LogP contribution is 2.48. The van der Waals surface area contributed by atoms with E-state index in [0.717, 1.165) is 45.3 Å². The number of nitrogens with zero attached hydrogens (tertiary/aromatic N) is 3. The van der Waals surface area contributed by atoms with E-state index in [9.17, 15) is 0 Å². The first-order valence-electron chi connectivity index (χ1n) is 16.7. The molecule has 3 heteroatoms. The Labute approximate surface area is 286 Å². The Morgan fingerprint density at radius 3 is 1.51 bits per heavy atom. The van der Waals surface area contributed by atoms with Crippen LogP contribution in [0.5, 0.6) is 0 Å². The summed E-state index contributed by atoms with van der Waals surface area (Å²) in [5.41, 5.74) is 10.00. The third kappa shape index (κ3) is 5.09. The Morgan fingerprint density at radius 2 is 0.857 bits per heavy atom. The van der Waals surface area contributed by atoms with Crippen molar-refractivity contribution in [3.8, 4) is 5.69 Å². The summed E-state index contributed by atoms with van der Waals surface area (Å²) in [7, 11) is 0. The highest BCUT2D eigenvalue weighted by molar-refractivity contribution is 6.18. The van der Waals surface area contributed by atoms with E-state index in [1.165, 1.54) is 27.1 Å². The van der Waals surface area contributed by atoms with Crippen LogP contribution in [-0.2, 0) is 0 Å². The molecule has 0 saturated heterocycles. The summed E-state index contributed by atoms with van der Waals surface area (Å²) in [6, 6.07) is 71.6. The molecular formula is C46H33N3. The van der Waals surface area contributed by atoms with Crippen LogP contribution in [0.3, 0.4) is 0 Å². The molecule has 9 aromatic rings. The first-order chi connectivity index (χ1) is 24.3. The molecule has 9 rings (SSSR count). The molecule has 0 saturated carbocycles. The fraction of sp³-hybridized carbons (Fsp3) is 0. The second-order valence-corrected chi connectivity index (χ2v) is 12.3. The number of anilines is 6. The Bertz CT molecular complexity index is 2500. The van der Waals surface area contributed by atoms with Crippen molar-refractivity contribution in [2.75, 3.05) is 9.80 Å². The number of hydrogen-bond acceptors (Lipinski definition) is 2. The molecular weight excluding hydrogens is 595 g/mol. The molecule has 0 atom stereocenters. The van der Waals surface area contributed by atoms with Gasteiger partial charge in [0.2, 0.25) is 0 Å². The van der Waals surface area contributed by atoms with Crippen molar-refractivity contribution in [2.45, 2.75) is 0 Å². The SMILES string of the molecule is c1ccc(N(c2ccccc2)c2cc(N(c3ccccc3)c3ccc4ccccc4c3)c3c4ccccc4n(-c4ccccc4)c3c2)cc1. The van der Waals surface area contributed by atoms with Crippen LogP contribution in [0.25, 0.3) is 38.3 Å². The number of benzene rings is 8. The Morgan fingerprint density at radius 1 is 0.327 bits per heavy atom. The van der Waals surface area contributed by atoms with Gasteiger partial charge in [-0.2, -0.15) is 0 Å². The standard InChI is InChI=1S/C46H33N3/c1-5-19-36(20-6-1)47(37-21-7-2-8-22-37)41-32-44(46-42-27-15-16-28-43(42)49(45(46)33-41)39-25-11-4-12-26-39)48(38-23-9-3-10-24-38)40-30-29-34-17-13-14-18-35(34)31-40/h1-33H. The monoisotopic (exact) mass is 627 g/mol. The minimum absolute atomic E-state index is 1.07. The van der Waals surface area contributed by atoms with Crippen molar-refractivity contribution in [1.29, 1.82) is 0 Å². The van der Waals surface area contributed by atoms with Crippen LogP contribution in [-0.4, -0.2) is 4.57 Å². The highest BCUT2D eigenvalue weighted by atomic mass is 15.2. The zero-order valence-electron chi connectivity index (χ0n) is 26.9. The van der Waals surface area contributed by atoms with Gasteiger partial charge in [0.25, 0.3) is 0 Å². The van der Waals surface area contributed by atoms with E-state index in [-0.39, 0.29) is 0 Å². The number of fused-ring (bicyclic) bond motifs is 4. The van der Waals surface area contributed by atoms with Crippen molar-refractivity contribution >= 4 is 66.7 Å². The first kappa shape index (κ1) is 28.6. The lowest BCUT2D eigenvalue weighted by Gasteiger charge is -2.30. The van der Waals surface area contributed by atoms with Crippen molar-refractivity contribution in [2.24, 2.45) is 0 Å². The van der Waals surface area contributed by atoms with Crippen LogP contribution in [0.1, 0.15) is 0 Å². The van der Waals surface area contributed by atoms with E-state index in [0.29, 0.717) is 0 Å². The normalized spacial score (nSPS) is 11.3. The van der Waals surface area contributed by atoms with Gasteiger partial charge < -0.3 is 14.4 Å². The van der Waals surface area contributed by atoms with E-state index in [1.807, 2.05) is 0 Å². The van der Waals surface area contributed by atoms with Crippen molar-refractivity contribution in [1.82, 2.24) is 4.57 Å². The van der Waals surface area contributed by atoms with E-state index in [2.05, 4.69) is 215 Å². The fourth-order valence-corrected chi connectivity index (χ4v) is 7.14. The molecule has 1 heterocycles. The van der Waals surface area contributed by atoms with Crippen LogP contribution in [0.4, 0.5) is 34.1 Å². The van der Waals surface area contributed by atoms with Gasteiger partial charge in [0.1, 0.15) is 0 Å².